The molecule has 234 valence electrons. The minimum absolute atomic E-state index is 0.0424. The molecule has 8 heteroatoms. The van der Waals surface area contributed by atoms with Crippen molar-refractivity contribution >= 4 is 23.7 Å². The maximum absolute atomic E-state index is 13.0. The summed E-state index contributed by atoms with van der Waals surface area (Å²) in [6, 6.07) is 0. The third-order valence-corrected chi connectivity index (χ3v) is 13.8. The van der Waals surface area contributed by atoms with Crippen LogP contribution in [-0.4, -0.2) is 83.6 Å². The SMILES string of the molecule is COC(=O)CCC(C)C1CCC2C3C(O)CC4CC(OC(=O)C(C)CN5CCSCC5)CCC4(C)C3CC(O)C12C. The Bertz CT molecular complexity index is 943. The van der Waals surface area contributed by atoms with E-state index in [9.17, 15) is 19.8 Å². The van der Waals surface area contributed by atoms with E-state index in [-0.39, 0.29) is 52.7 Å². The van der Waals surface area contributed by atoms with E-state index in [4.69, 9.17) is 9.47 Å². The van der Waals surface area contributed by atoms with Gasteiger partial charge in [0.1, 0.15) is 6.10 Å². The normalized spacial score (nSPS) is 44.2. The van der Waals surface area contributed by atoms with Crippen LogP contribution in [0.3, 0.4) is 0 Å². The highest BCUT2D eigenvalue weighted by Gasteiger charge is 2.65. The van der Waals surface area contributed by atoms with Gasteiger partial charge in [-0.05, 0) is 97.7 Å². The number of carbonyl (C=O) groups is 2. The van der Waals surface area contributed by atoms with Crippen LogP contribution in [0, 0.1) is 52.3 Å². The first-order valence-electron chi connectivity index (χ1n) is 16.4. The van der Waals surface area contributed by atoms with Crippen LogP contribution in [-0.2, 0) is 19.1 Å². The zero-order valence-corrected chi connectivity index (χ0v) is 26.9. The van der Waals surface area contributed by atoms with Crippen LogP contribution in [0.4, 0.5) is 0 Å². The van der Waals surface area contributed by atoms with Crippen molar-refractivity contribution < 1.29 is 29.3 Å². The third-order valence-electron chi connectivity index (χ3n) is 12.9. The van der Waals surface area contributed by atoms with Gasteiger partial charge in [-0.2, -0.15) is 11.8 Å². The fourth-order valence-corrected chi connectivity index (χ4v) is 11.4. The molecule has 5 aliphatic rings. The van der Waals surface area contributed by atoms with Crippen LogP contribution in [0.1, 0.15) is 85.5 Å². The van der Waals surface area contributed by atoms with Crippen molar-refractivity contribution in [3.8, 4) is 0 Å². The average Bonchev–Trinajstić information content (AvgIpc) is 3.31. The highest BCUT2D eigenvalue weighted by Crippen LogP contribution is 2.68. The summed E-state index contributed by atoms with van der Waals surface area (Å²) in [6.07, 6.45) is 6.58. The number of thioether (sulfide) groups is 1. The second kappa shape index (κ2) is 12.6. The molecule has 5 rings (SSSR count). The van der Waals surface area contributed by atoms with Crippen LogP contribution in [0.15, 0.2) is 0 Å². The van der Waals surface area contributed by atoms with Gasteiger partial charge in [0.2, 0.25) is 0 Å². The summed E-state index contributed by atoms with van der Waals surface area (Å²) in [4.78, 5) is 27.2. The number of aliphatic hydroxyl groups is 2. The number of aliphatic hydroxyl groups excluding tert-OH is 2. The standard InChI is InChI=1S/C33H55NO6S/c1-20(6-9-29(37)39-5)24-7-8-25-30-26(18-28(36)33(24,25)4)32(3)11-10-23(16-22(32)17-27(30)35)40-31(38)21(2)19-34-12-14-41-15-13-34/h20-28,30,35-36H,6-19H2,1-5H3. The van der Waals surface area contributed by atoms with Crippen LogP contribution < -0.4 is 0 Å². The topological polar surface area (TPSA) is 96.3 Å². The first-order chi connectivity index (χ1) is 19.5. The molecule has 0 amide bonds. The number of ether oxygens (including phenoxy) is 2. The second-order valence-electron chi connectivity index (χ2n) is 14.8. The van der Waals surface area contributed by atoms with Crippen LogP contribution >= 0.6 is 11.8 Å². The van der Waals surface area contributed by atoms with E-state index in [0.717, 1.165) is 82.5 Å². The van der Waals surface area contributed by atoms with E-state index in [0.29, 0.717) is 30.1 Å². The molecular formula is C33H55NO6S. The first kappa shape index (κ1) is 31.6. The van der Waals surface area contributed by atoms with Gasteiger partial charge < -0.3 is 24.6 Å². The van der Waals surface area contributed by atoms with Crippen LogP contribution in [0.5, 0.6) is 0 Å². The van der Waals surface area contributed by atoms with Gasteiger partial charge >= 0.3 is 11.9 Å². The Labute approximate surface area is 251 Å². The van der Waals surface area contributed by atoms with Crippen molar-refractivity contribution in [2.24, 2.45) is 52.3 Å². The summed E-state index contributed by atoms with van der Waals surface area (Å²) in [7, 11) is 1.44. The Balaban J connectivity index is 1.23. The highest BCUT2D eigenvalue weighted by atomic mass is 32.2. The summed E-state index contributed by atoms with van der Waals surface area (Å²) in [5, 5.41) is 23.5. The minimum Gasteiger partial charge on any atom is -0.469 e. The van der Waals surface area contributed by atoms with Gasteiger partial charge in [-0.3, -0.25) is 9.59 Å². The molecule has 0 spiro atoms. The molecule has 41 heavy (non-hydrogen) atoms. The van der Waals surface area contributed by atoms with Gasteiger partial charge in [0, 0.05) is 37.6 Å². The molecule has 12 atom stereocenters. The van der Waals surface area contributed by atoms with Crippen molar-refractivity contribution in [2.75, 3.05) is 38.2 Å². The molecule has 2 N–H and O–H groups in total. The quantitative estimate of drug-likeness (QED) is 0.389. The summed E-state index contributed by atoms with van der Waals surface area (Å²) in [5.74, 6) is 3.64. The van der Waals surface area contributed by atoms with E-state index >= 15 is 0 Å². The lowest BCUT2D eigenvalue weighted by atomic mass is 9.43. The Morgan fingerprint density at radius 1 is 1.02 bits per heavy atom. The molecule has 7 nitrogen and oxygen atoms in total. The molecule has 12 unspecified atom stereocenters. The lowest BCUT2D eigenvalue weighted by Gasteiger charge is -2.63. The lowest BCUT2D eigenvalue weighted by molar-refractivity contribution is -0.210. The van der Waals surface area contributed by atoms with E-state index in [2.05, 4.69) is 25.7 Å². The van der Waals surface area contributed by atoms with Crippen molar-refractivity contribution in [3.63, 3.8) is 0 Å². The van der Waals surface area contributed by atoms with E-state index in [1.807, 2.05) is 18.7 Å². The number of fused-ring (bicyclic) bond motifs is 5. The van der Waals surface area contributed by atoms with Crippen molar-refractivity contribution in [3.05, 3.63) is 0 Å². The fraction of sp³-hybridized carbons (Fsp3) is 0.939. The number of methoxy groups -OCH3 is 1. The molecule has 4 aliphatic carbocycles. The molecule has 0 aromatic heterocycles. The Morgan fingerprint density at radius 3 is 2.46 bits per heavy atom. The van der Waals surface area contributed by atoms with Gasteiger partial charge in [-0.25, -0.2) is 0 Å². The molecule has 1 heterocycles. The molecule has 0 aromatic carbocycles. The van der Waals surface area contributed by atoms with Crippen LogP contribution in [0.2, 0.25) is 0 Å². The Hall–Kier alpha value is -0.830. The van der Waals surface area contributed by atoms with Crippen LogP contribution in [0.25, 0.3) is 0 Å². The molecular weight excluding hydrogens is 538 g/mol. The van der Waals surface area contributed by atoms with E-state index in [1.54, 1.807) is 0 Å². The predicted octanol–water partition coefficient (Wildman–Crippen LogP) is 4.77. The van der Waals surface area contributed by atoms with Crippen molar-refractivity contribution in [1.29, 1.82) is 0 Å². The van der Waals surface area contributed by atoms with E-state index in [1.165, 1.54) is 7.11 Å². The van der Waals surface area contributed by atoms with Gasteiger partial charge in [0.15, 0.2) is 0 Å². The largest absolute Gasteiger partial charge is 0.469 e. The van der Waals surface area contributed by atoms with Crippen molar-refractivity contribution in [1.82, 2.24) is 4.90 Å². The van der Waals surface area contributed by atoms with Gasteiger partial charge in [-0.15, -0.1) is 0 Å². The van der Waals surface area contributed by atoms with Crippen molar-refractivity contribution in [2.45, 2.75) is 104 Å². The first-order valence-corrected chi connectivity index (χ1v) is 17.6. The number of nitrogens with zero attached hydrogens (tertiary/aromatic N) is 1. The lowest BCUT2D eigenvalue weighted by Crippen LogP contribution is -2.62. The number of hydrogen-bond acceptors (Lipinski definition) is 8. The number of esters is 2. The molecule has 0 radical (unpaired) electrons. The molecule has 5 fully saturated rings. The third kappa shape index (κ3) is 5.98. The van der Waals surface area contributed by atoms with Gasteiger partial charge in [0.25, 0.3) is 0 Å². The summed E-state index contributed by atoms with van der Waals surface area (Å²) in [5.41, 5.74) is -0.197. The zero-order valence-electron chi connectivity index (χ0n) is 26.1. The Morgan fingerprint density at radius 2 is 1.76 bits per heavy atom. The minimum atomic E-state index is -0.408. The average molecular weight is 594 g/mol. The molecule has 0 bridgehead atoms. The molecule has 1 aliphatic heterocycles. The van der Waals surface area contributed by atoms with Gasteiger partial charge in [-0.1, -0.05) is 27.7 Å². The van der Waals surface area contributed by atoms with E-state index < -0.39 is 6.10 Å². The summed E-state index contributed by atoms with van der Waals surface area (Å²) < 4.78 is 11.0. The maximum Gasteiger partial charge on any atom is 0.310 e. The molecule has 4 saturated carbocycles. The number of carbonyl (C=O) groups excluding carboxylic acids is 2. The smallest absolute Gasteiger partial charge is 0.310 e. The highest BCUT2D eigenvalue weighted by molar-refractivity contribution is 7.99. The molecule has 1 saturated heterocycles. The second-order valence-corrected chi connectivity index (χ2v) is 16.1. The monoisotopic (exact) mass is 593 g/mol. The Kier molecular flexibility index (Phi) is 9.75. The zero-order chi connectivity index (χ0) is 29.5. The summed E-state index contributed by atoms with van der Waals surface area (Å²) >= 11 is 1.98. The predicted molar refractivity (Wildman–Crippen MR) is 161 cm³/mol. The molecule has 0 aromatic rings. The van der Waals surface area contributed by atoms with Gasteiger partial charge in [0.05, 0.1) is 25.2 Å². The number of rotatable bonds is 8. The fourth-order valence-electron chi connectivity index (χ4n) is 10.4. The number of hydrogen-bond donors (Lipinski definition) is 2. The summed E-state index contributed by atoms with van der Waals surface area (Å²) in [6.45, 7) is 11.8. The maximum atomic E-state index is 13.0.